The zero-order valence-electron chi connectivity index (χ0n) is 12.3. The summed E-state index contributed by atoms with van der Waals surface area (Å²) in [6.07, 6.45) is 0.636. The summed E-state index contributed by atoms with van der Waals surface area (Å²) in [5.74, 6) is -0.416. The summed E-state index contributed by atoms with van der Waals surface area (Å²) in [5, 5.41) is 9.73. The van der Waals surface area contributed by atoms with Crippen molar-refractivity contribution in [2.75, 3.05) is 26.2 Å². The van der Waals surface area contributed by atoms with E-state index in [0.717, 1.165) is 32.2 Å². The van der Waals surface area contributed by atoms with Crippen LogP contribution in [0.15, 0.2) is 0 Å². The smallest absolute Gasteiger partial charge is 0.391 e. The SMILES string of the molecule is CC1CCC(CO)(CN2CCC(C(F)(F)F)CC2)CC1. The zero-order valence-corrected chi connectivity index (χ0v) is 12.3. The van der Waals surface area contributed by atoms with Crippen LogP contribution in [0.1, 0.15) is 45.4 Å². The number of alkyl halides is 3. The lowest BCUT2D eigenvalue weighted by atomic mass is 9.71. The van der Waals surface area contributed by atoms with Gasteiger partial charge in [-0.25, -0.2) is 0 Å². The Morgan fingerprint density at radius 3 is 2.10 bits per heavy atom. The molecule has 118 valence electrons. The summed E-state index contributed by atoms with van der Waals surface area (Å²) in [5.41, 5.74) is -0.0718. The molecule has 0 unspecified atom stereocenters. The third kappa shape index (κ3) is 3.88. The summed E-state index contributed by atoms with van der Waals surface area (Å²) in [6.45, 7) is 4.19. The molecule has 0 amide bonds. The third-order valence-corrected chi connectivity index (χ3v) is 5.28. The number of likely N-dealkylation sites (tertiary alicyclic amines) is 1. The fourth-order valence-electron chi connectivity index (χ4n) is 3.63. The summed E-state index contributed by atoms with van der Waals surface area (Å²) < 4.78 is 38.0. The molecule has 1 saturated carbocycles. The lowest BCUT2D eigenvalue weighted by molar-refractivity contribution is -0.186. The van der Waals surface area contributed by atoms with E-state index in [-0.39, 0.29) is 24.9 Å². The fourth-order valence-corrected chi connectivity index (χ4v) is 3.63. The normalized spacial score (nSPS) is 34.4. The van der Waals surface area contributed by atoms with Crippen LogP contribution in [-0.2, 0) is 0 Å². The molecule has 0 aromatic rings. The van der Waals surface area contributed by atoms with Crippen LogP contribution in [0, 0.1) is 17.3 Å². The van der Waals surface area contributed by atoms with Crippen molar-refractivity contribution in [1.82, 2.24) is 4.90 Å². The monoisotopic (exact) mass is 293 g/mol. The van der Waals surface area contributed by atoms with Gasteiger partial charge in [-0.15, -0.1) is 0 Å². The first kappa shape index (κ1) is 16.1. The molecule has 1 saturated heterocycles. The van der Waals surface area contributed by atoms with Crippen molar-refractivity contribution < 1.29 is 18.3 Å². The van der Waals surface area contributed by atoms with E-state index in [4.69, 9.17) is 0 Å². The van der Waals surface area contributed by atoms with Crippen molar-refractivity contribution in [1.29, 1.82) is 0 Å². The van der Waals surface area contributed by atoms with Gasteiger partial charge in [0.05, 0.1) is 5.92 Å². The molecule has 2 nitrogen and oxygen atoms in total. The fraction of sp³-hybridized carbons (Fsp3) is 1.00. The maximum absolute atomic E-state index is 12.7. The summed E-state index contributed by atoms with van der Waals surface area (Å²) >= 11 is 0. The van der Waals surface area contributed by atoms with Crippen molar-refractivity contribution in [2.45, 2.75) is 51.6 Å². The quantitative estimate of drug-likeness (QED) is 0.861. The molecule has 1 aliphatic carbocycles. The van der Waals surface area contributed by atoms with E-state index in [1.165, 1.54) is 0 Å². The Labute approximate surface area is 119 Å². The molecule has 20 heavy (non-hydrogen) atoms. The Morgan fingerprint density at radius 1 is 1.10 bits per heavy atom. The van der Waals surface area contributed by atoms with Crippen molar-refractivity contribution in [3.8, 4) is 0 Å². The number of nitrogens with zero attached hydrogens (tertiary/aromatic N) is 1. The first-order valence-electron chi connectivity index (χ1n) is 7.75. The molecule has 2 rings (SSSR count). The van der Waals surface area contributed by atoms with Crippen LogP contribution >= 0.6 is 0 Å². The van der Waals surface area contributed by atoms with Gasteiger partial charge >= 0.3 is 6.18 Å². The van der Waals surface area contributed by atoms with Gasteiger partial charge in [0.1, 0.15) is 0 Å². The van der Waals surface area contributed by atoms with Crippen LogP contribution in [0.3, 0.4) is 0 Å². The zero-order chi connectivity index (χ0) is 14.8. The van der Waals surface area contributed by atoms with Gasteiger partial charge in [-0.05, 0) is 44.7 Å². The maximum atomic E-state index is 12.7. The molecule has 2 aliphatic rings. The predicted molar refractivity (Wildman–Crippen MR) is 72.4 cm³/mol. The molecular formula is C15H26F3NO. The second-order valence-electron chi connectivity index (χ2n) is 6.93. The van der Waals surface area contributed by atoms with E-state index < -0.39 is 12.1 Å². The number of hydrogen-bond acceptors (Lipinski definition) is 2. The second-order valence-corrected chi connectivity index (χ2v) is 6.93. The molecule has 5 heteroatoms. The molecular weight excluding hydrogens is 267 g/mol. The van der Waals surface area contributed by atoms with Gasteiger partial charge in [0.15, 0.2) is 0 Å². The number of rotatable bonds is 3. The third-order valence-electron chi connectivity index (χ3n) is 5.28. The molecule has 0 spiro atoms. The minimum absolute atomic E-state index is 0.0718. The van der Waals surface area contributed by atoms with Gasteiger partial charge in [0.25, 0.3) is 0 Å². The van der Waals surface area contributed by atoms with E-state index in [1.54, 1.807) is 0 Å². The van der Waals surface area contributed by atoms with Crippen LogP contribution < -0.4 is 0 Å². The average Bonchev–Trinajstić information content (AvgIpc) is 2.41. The molecule has 0 aromatic heterocycles. The minimum atomic E-state index is -4.04. The van der Waals surface area contributed by atoms with Gasteiger partial charge in [0.2, 0.25) is 0 Å². The number of halogens is 3. The highest BCUT2D eigenvalue weighted by Crippen LogP contribution is 2.40. The summed E-state index contributed by atoms with van der Waals surface area (Å²) in [4.78, 5) is 2.13. The number of aliphatic hydroxyl groups excluding tert-OH is 1. The van der Waals surface area contributed by atoms with Crippen LogP contribution in [0.25, 0.3) is 0 Å². The van der Waals surface area contributed by atoms with Gasteiger partial charge < -0.3 is 10.0 Å². The first-order valence-corrected chi connectivity index (χ1v) is 7.75. The van der Waals surface area contributed by atoms with Crippen LogP contribution in [0.4, 0.5) is 13.2 Å². The van der Waals surface area contributed by atoms with Crippen LogP contribution in [-0.4, -0.2) is 42.4 Å². The Kier molecular flexibility index (Phi) is 5.00. The molecule has 2 fully saturated rings. The van der Waals surface area contributed by atoms with Gasteiger partial charge in [-0.1, -0.05) is 19.8 Å². The molecule has 1 aliphatic heterocycles. The molecule has 0 atom stereocenters. The highest BCUT2D eigenvalue weighted by molar-refractivity contribution is 4.89. The number of aliphatic hydroxyl groups is 1. The maximum Gasteiger partial charge on any atom is 0.391 e. The Morgan fingerprint density at radius 2 is 1.65 bits per heavy atom. The Bertz CT molecular complexity index is 303. The molecule has 1 N–H and O–H groups in total. The molecule has 0 aromatic carbocycles. The van der Waals surface area contributed by atoms with Gasteiger partial charge in [-0.3, -0.25) is 0 Å². The summed E-state index contributed by atoms with van der Waals surface area (Å²) in [6, 6.07) is 0. The van der Waals surface area contributed by atoms with Crippen LogP contribution in [0.5, 0.6) is 0 Å². The minimum Gasteiger partial charge on any atom is -0.396 e. The van der Waals surface area contributed by atoms with E-state index in [0.29, 0.717) is 19.0 Å². The Hall–Kier alpha value is -0.290. The van der Waals surface area contributed by atoms with E-state index in [1.807, 2.05) is 0 Å². The molecule has 0 radical (unpaired) electrons. The van der Waals surface area contributed by atoms with Crippen molar-refractivity contribution in [2.24, 2.45) is 17.3 Å². The van der Waals surface area contributed by atoms with Crippen LogP contribution in [0.2, 0.25) is 0 Å². The predicted octanol–water partition coefficient (Wildman–Crippen LogP) is 3.45. The number of piperidine rings is 1. The van der Waals surface area contributed by atoms with Crippen molar-refractivity contribution >= 4 is 0 Å². The molecule has 1 heterocycles. The van der Waals surface area contributed by atoms with Gasteiger partial charge in [0, 0.05) is 18.6 Å². The van der Waals surface area contributed by atoms with E-state index in [9.17, 15) is 18.3 Å². The highest BCUT2D eigenvalue weighted by Gasteiger charge is 2.42. The average molecular weight is 293 g/mol. The van der Waals surface area contributed by atoms with E-state index in [2.05, 4.69) is 11.8 Å². The standard InChI is InChI=1S/C15H26F3NO/c1-12-2-6-14(11-20,7-3-12)10-19-8-4-13(5-9-19)15(16,17)18/h12-13,20H,2-11H2,1H3. The lowest BCUT2D eigenvalue weighted by Crippen LogP contribution is -2.47. The van der Waals surface area contributed by atoms with Gasteiger partial charge in [-0.2, -0.15) is 13.2 Å². The first-order chi connectivity index (χ1) is 9.35. The van der Waals surface area contributed by atoms with Crippen molar-refractivity contribution in [3.05, 3.63) is 0 Å². The Balaban J connectivity index is 1.85. The van der Waals surface area contributed by atoms with E-state index >= 15 is 0 Å². The lowest BCUT2D eigenvalue weighted by Gasteiger charge is -2.43. The largest absolute Gasteiger partial charge is 0.396 e. The highest BCUT2D eigenvalue weighted by atomic mass is 19.4. The van der Waals surface area contributed by atoms with Crippen molar-refractivity contribution in [3.63, 3.8) is 0 Å². The second kappa shape index (κ2) is 6.22. The summed E-state index contributed by atoms with van der Waals surface area (Å²) in [7, 11) is 0. The molecule has 0 bridgehead atoms. The number of hydrogen-bond donors (Lipinski definition) is 1. The topological polar surface area (TPSA) is 23.5 Å².